The van der Waals surface area contributed by atoms with E-state index in [1.54, 1.807) is 23.8 Å². The van der Waals surface area contributed by atoms with Crippen molar-refractivity contribution in [3.05, 3.63) is 45.9 Å². The van der Waals surface area contributed by atoms with E-state index in [2.05, 4.69) is 10.3 Å². The Morgan fingerprint density at radius 3 is 2.61 bits per heavy atom. The van der Waals surface area contributed by atoms with Crippen LogP contribution in [0.5, 0.6) is 5.75 Å². The van der Waals surface area contributed by atoms with Gasteiger partial charge in [-0.2, -0.15) is 0 Å². The molecular weight excluding hydrogens is 420 g/mol. The predicted octanol–water partition coefficient (Wildman–Crippen LogP) is 4.36. The van der Waals surface area contributed by atoms with Gasteiger partial charge in [-0.15, -0.1) is 11.3 Å². The number of nitrogens with zero attached hydrogens (tertiary/aromatic N) is 2. The molecular formula is C23H31F2N3O2S. The molecule has 5 nitrogen and oxygen atoms in total. The lowest BCUT2D eigenvalue weighted by atomic mass is 9.80. The van der Waals surface area contributed by atoms with Crippen LogP contribution in [0.25, 0.3) is 0 Å². The number of halogens is 2. The summed E-state index contributed by atoms with van der Waals surface area (Å²) in [4.78, 5) is 19.7. The van der Waals surface area contributed by atoms with Gasteiger partial charge in [-0.1, -0.05) is 6.07 Å². The number of aromatic nitrogens is 1. The van der Waals surface area contributed by atoms with Crippen LogP contribution in [0.2, 0.25) is 0 Å². The van der Waals surface area contributed by atoms with Crippen molar-refractivity contribution in [3.63, 3.8) is 0 Å². The van der Waals surface area contributed by atoms with E-state index in [9.17, 15) is 18.7 Å². The molecule has 2 N–H and O–H groups in total. The summed E-state index contributed by atoms with van der Waals surface area (Å²) >= 11 is 1.34. The lowest BCUT2D eigenvalue weighted by molar-refractivity contribution is -0.123. The summed E-state index contributed by atoms with van der Waals surface area (Å²) in [7, 11) is 3.90. The highest BCUT2D eigenvalue weighted by molar-refractivity contribution is 7.09. The monoisotopic (exact) mass is 451 g/mol. The Morgan fingerprint density at radius 1 is 1.39 bits per heavy atom. The van der Waals surface area contributed by atoms with Crippen molar-refractivity contribution in [2.24, 2.45) is 5.41 Å². The highest BCUT2D eigenvalue weighted by Gasteiger charge is 2.64. The Bertz CT molecular complexity index is 893. The fourth-order valence-corrected chi connectivity index (χ4v) is 5.12. The molecule has 0 spiro atoms. The number of thiazole rings is 1. The lowest BCUT2D eigenvalue weighted by Crippen LogP contribution is -2.43. The average molecular weight is 452 g/mol. The summed E-state index contributed by atoms with van der Waals surface area (Å²) < 4.78 is 28.8. The molecule has 2 atom stereocenters. The van der Waals surface area contributed by atoms with E-state index in [1.165, 1.54) is 11.3 Å². The SMILES string of the molecule is Cc1cc(O)ccc1C[C@@H](CNC(=O)C[C@@H](c1cncs1)C1(C(C)(F)F)CC1)N(C)C. The molecule has 0 radical (unpaired) electrons. The second-order valence-corrected chi connectivity index (χ2v) is 9.86. The van der Waals surface area contributed by atoms with E-state index in [1.807, 2.05) is 32.0 Å². The van der Waals surface area contributed by atoms with Crippen LogP contribution in [0.15, 0.2) is 29.9 Å². The van der Waals surface area contributed by atoms with Crippen molar-refractivity contribution in [2.45, 2.75) is 57.4 Å². The standard InChI is InChI=1S/C23H31F2N3O2S/c1-15-9-18(29)6-5-16(15)10-17(28(3)4)12-27-21(30)11-19(20-13-26-14-31-20)23(7-8-23)22(2,24)25/h5-6,9,13-14,17,19,29H,7-8,10-12H2,1-4H3,(H,27,30)/t17-,19-/m0/s1. The van der Waals surface area contributed by atoms with Gasteiger partial charge in [0.2, 0.25) is 5.91 Å². The van der Waals surface area contributed by atoms with E-state index in [0.717, 1.165) is 22.9 Å². The normalized spacial score (nSPS) is 17.4. The van der Waals surface area contributed by atoms with E-state index >= 15 is 0 Å². The molecule has 2 aromatic rings. The first-order chi connectivity index (χ1) is 14.5. The van der Waals surface area contributed by atoms with Crippen molar-refractivity contribution in [1.82, 2.24) is 15.2 Å². The van der Waals surface area contributed by atoms with Crippen molar-refractivity contribution >= 4 is 17.2 Å². The summed E-state index contributed by atoms with van der Waals surface area (Å²) in [5.41, 5.74) is 2.56. The van der Waals surface area contributed by atoms with Gasteiger partial charge in [0, 0.05) is 41.4 Å². The lowest BCUT2D eigenvalue weighted by Gasteiger charge is -2.31. The number of phenolic OH excluding ortho intramolecular Hbond substituents is 1. The first kappa shape index (κ1) is 23.6. The number of hydrogen-bond acceptors (Lipinski definition) is 5. The largest absolute Gasteiger partial charge is 0.508 e. The summed E-state index contributed by atoms with van der Waals surface area (Å²) in [6.45, 7) is 3.32. The third-order valence-electron chi connectivity index (χ3n) is 6.56. The third kappa shape index (κ3) is 5.41. The van der Waals surface area contributed by atoms with Crippen molar-refractivity contribution in [2.75, 3.05) is 20.6 Å². The summed E-state index contributed by atoms with van der Waals surface area (Å²) in [6, 6.07) is 5.31. The molecule has 1 saturated carbocycles. The molecule has 1 aromatic carbocycles. The quantitative estimate of drug-likeness (QED) is 0.564. The van der Waals surface area contributed by atoms with Crippen LogP contribution in [0, 0.1) is 12.3 Å². The molecule has 1 amide bonds. The average Bonchev–Trinajstić information content (AvgIpc) is 3.32. The number of nitrogens with one attached hydrogen (secondary N) is 1. The molecule has 0 saturated heterocycles. The molecule has 1 aliphatic rings. The van der Waals surface area contributed by atoms with Gasteiger partial charge >= 0.3 is 0 Å². The molecule has 1 fully saturated rings. The second kappa shape index (κ2) is 9.20. The number of carbonyl (C=O) groups excluding carboxylic acids is 1. The molecule has 31 heavy (non-hydrogen) atoms. The van der Waals surface area contributed by atoms with Crippen LogP contribution >= 0.6 is 11.3 Å². The molecule has 0 aliphatic heterocycles. The van der Waals surface area contributed by atoms with Crippen LogP contribution in [0.3, 0.4) is 0 Å². The topological polar surface area (TPSA) is 65.5 Å². The molecule has 1 heterocycles. The van der Waals surface area contributed by atoms with E-state index in [4.69, 9.17) is 0 Å². The number of alkyl halides is 2. The van der Waals surface area contributed by atoms with Crippen LogP contribution in [-0.4, -0.2) is 53.5 Å². The molecule has 170 valence electrons. The van der Waals surface area contributed by atoms with Crippen LogP contribution in [0.1, 0.15) is 48.1 Å². The summed E-state index contributed by atoms with van der Waals surface area (Å²) in [5, 5.41) is 12.6. The van der Waals surface area contributed by atoms with Gasteiger partial charge in [0.1, 0.15) is 5.75 Å². The van der Waals surface area contributed by atoms with Crippen molar-refractivity contribution in [3.8, 4) is 5.75 Å². The third-order valence-corrected chi connectivity index (χ3v) is 7.45. The zero-order chi connectivity index (χ0) is 22.8. The summed E-state index contributed by atoms with van der Waals surface area (Å²) in [5.74, 6) is -3.36. The van der Waals surface area contributed by atoms with E-state index < -0.39 is 17.3 Å². The molecule has 8 heteroatoms. The fraction of sp³-hybridized carbons (Fsp3) is 0.565. The number of phenols is 1. The maximum atomic E-state index is 14.4. The first-order valence-electron chi connectivity index (χ1n) is 10.5. The van der Waals surface area contributed by atoms with Gasteiger partial charge in [-0.25, -0.2) is 8.78 Å². The van der Waals surface area contributed by atoms with Gasteiger partial charge in [-0.3, -0.25) is 9.78 Å². The Kier molecular flexibility index (Phi) is 7.01. The predicted molar refractivity (Wildman–Crippen MR) is 119 cm³/mol. The van der Waals surface area contributed by atoms with Gasteiger partial charge in [0.25, 0.3) is 5.92 Å². The maximum absolute atomic E-state index is 14.4. The molecule has 1 aromatic heterocycles. The zero-order valence-electron chi connectivity index (χ0n) is 18.5. The Balaban J connectivity index is 1.66. The van der Waals surface area contributed by atoms with Gasteiger partial charge < -0.3 is 15.3 Å². The van der Waals surface area contributed by atoms with E-state index in [-0.39, 0.29) is 24.1 Å². The highest BCUT2D eigenvalue weighted by atomic mass is 32.1. The van der Waals surface area contributed by atoms with Crippen LogP contribution < -0.4 is 5.32 Å². The zero-order valence-corrected chi connectivity index (χ0v) is 19.3. The minimum Gasteiger partial charge on any atom is -0.508 e. The van der Waals surface area contributed by atoms with Crippen molar-refractivity contribution in [1.29, 1.82) is 0 Å². The number of rotatable bonds is 10. The molecule has 0 unspecified atom stereocenters. The highest BCUT2D eigenvalue weighted by Crippen LogP contribution is 2.65. The number of carbonyl (C=O) groups is 1. The Labute approximate surface area is 186 Å². The van der Waals surface area contributed by atoms with Crippen molar-refractivity contribution < 1.29 is 18.7 Å². The summed E-state index contributed by atoms with van der Waals surface area (Å²) in [6.07, 6.45) is 3.20. The number of likely N-dealkylation sites (N-methyl/N-ethyl adjacent to an activating group) is 1. The van der Waals surface area contributed by atoms with E-state index in [0.29, 0.717) is 25.8 Å². The second-order valence-electron chi connectivity index (χ2n) is 8.94. The number of hydrogen-bond donors (Lipinski definition) is 2. The number of benzene rings is 1. The maximum Gasteiger partial charge on any atom is 0.251 e. The smallest absolute Gasteiger partial charge is 0.251 e. The Morgan fingerprint density at radius 2 is 2.10 bits per heavy atom. The van der Waals surface area contributed by atoms with Crippen LogP contribution in [-0.2, 0) is 11.2 Å². The number of aromatic hydroxyl groups is 1. The molecule has 3 rings (SSSR count). The Hall–Kier alpha value is -2.06. The number of amides is 1. The van der Waals surface area contributed by atoms with Gasteiger partial charge in [0.15, 0.2) is 0 Å². The van der Waals surface area contributed by atoms with Gasteiger partial charge in [0.05, 0.1) is 5.51 Å². The number of aryl methyl sites for hydroxylation is 1. The van der Waals surface area contributed by atoms with Crippen LogP contribution in [0.4, 0.5) is 8.78 Å². The minimum absolute atomic E-state index is 0.0318. The molecule has 0 bridgehead atoms. The minimum atomic E-state index is -2.84. The van der Waals surface area contributed by atoms with Gasteiger partial charge in [-0.05, 0) is 70.5 Å². The fourth-order valence-electron chi connectivity index (χ4n) is 4.28. The first-order valence-corrected chi connectivity index (χ1v) is 11.4. The molecule has 1 aliphatic carbocycles.